The second-order valence-corrected chi connectivity index (χ2v) is 7.84. The molecule has 4 aromatic rings. The van der Waals surface area contributed by atoms with Gasteiger partial charge in [-0.1, -0.05) is 84.6 Å². The lowest BCUT2D eigenvalue weighted by atomic mass is 10.0. The molecule has 0 bridgehead atoms. The van der Waals surface area contributed by atoms with Crippen molar-refractivity contribution in [2.45, 2.75) is 23.4 Å². The van der Waals surface area contributed by atoms with Gasteiger partial charge in [-0.3, -0.25) is 9.36 Å². The molecule has 29 heavy (non-hydrogen) atoms. The van der Waals surface area contributed by atoms with Crippen LogP contribution < -0.4 is 5.56 Å². The molecular formula is C24H22N2O2S. The van der Waals surface area contributed by atoms with E-state index in [0.29, 0.717) is 29.0 Å². The van der Waals surface area contributed by atoms with E-state index >= 15 is 0 Å². The third kappa shape index (κ3) is 4.26. The third-order valence-corrected chi connectivity index (χ3v) is 6.10. The van der Waals surface area contributed by atoms with Crippen LogP contribution in [0.3, 0.4) is 0 Å². The summed E-state index contributed by atoms with van der Waals surface area (Å²) in [5, 5.41) is 10.6. The van der Waals surface area contributed by atoms with E-state index in [1.54, 1.807) is 22.4 Å². The van der Waals surface area contributed by atoms with Crippen molar-refractivity contribution in [3.8, 4) is 0 Å². The molecule has 0 unspecified atom stereocenters. The second-order valence-electron chi connectivity index (χ2n) is 6.76. The van der Waals surface area contributed by atoms with E-state index < -0.39 is 0 Å². The van der Waals surface area contributed by atoms with Crippen molar-refractivity contribution in [3.05, 3.63) is 106 Å². The highest BCUT2D eigenvalue weighted by atomic mass is 32.2. The standard InChI is InChI=1S/C24H22N2O2S/c27-17-9-16-26-23(28)20-14-7-8-15-21(20)25-24(26)29-22(18-10-3-1-4-11-18)19-12-5-2-6-13-19/h1-8,10-15,22,27H,9,16-17H2. The van der Waals surface area contributed by atoms with E-state index in [-0.39, 0.29) is 17.4 Å². The lowest BCUT2D eigenvalue weighted by molar-refractivity contribution is 0.276. The monoisotopic (exact) mass is 402 g/mol. The van der Waals surface area contributed by atoms with Crippen LogP contribution in [0.4, 0.5) is 0 Å². The summed E-state index contributed by atoms with van der Waals surface area (Å²) < 4.78 is 1.70. The minimum absolute atomic E-state index is 0.00541. The first kappa shape index (κ1) is 19.4. The van der Waals surface area contributed by atoms with Crippen molar-refractivity contribution >= 4 is 22.7 Å². The first-order valence-electron chi connectivity index (χ1n) is 9.65. The molecule has 3 aromatic carbocycles. The Morgan fingerprint density at radius 2 is 1.45 bits per heavy atom. The number of aliphatic hydroxyl groups is 1. The van der Waals surface area contributed by atoms with Gasteiger partial charge in [0, 0.05) is 13.2 Å². The molecule has 0 atom stereocenters. The van der Waals surface area contributed by atoms with Crippen molar-refractivity contribution < 1.29 is 5.11 Å². The summed E-state index contributed by atoms with van der Waals surface area (Å²) in [4.78, 5) is 18.0. The summed E-state index contributed by atoms with van der Waals surface area (Å²) in [6.45, 7) is 0.468. The third-order valence-electron chi connectivity index (χ3n) is 4.79. The van der Waals surface area contributed by atoms with Crippen molar-refractivity contribution in [1.82, 2.24) is 9.55 Å². The maximum absolute atomic E-state index is 13.1. The molecule has 4 nitrogen and oxygen atoms in total. The van der Waals surface area contributed by atoms with Gasteiger partial charge in [0.15, 0.2) is 5.16 Å². The minimum Gasteiger partial charge on any atom is -0.396 e. The quantitative estimate of drug-likeness (QED) is 0.361. The van der Waals surface area contributed by atoms with Crippen LogP contribution in [-0.2, 0) is 6.54 Å². The molecule has 0 amide bonds. The van der Waals surface area contributed by atoms with E-state index in [4.69, 9.17) is 4.98 Å². The van der Waals surface area contributed by atoms with Gasteiger partial charge in [0.25, 0.3) is 5.56 Å². The minimum atomic E-state index is -0.0635. The maximum Gasteiger partial charge on any atom is 0.262 e. The molecule has 0 fully saturated rings. The maximum atomic E-state index is 13.1. The Balaban J connectivity index is 1.84. The van der Waals surface area contributed by atoms with E-state index in [1.165, 1.54) is 0 Å². The molecule has 4 rings (SSSR count). The topological polar surface area (TPSA) is 55.1 Å². The molecule has 0 saturated heterocycles. The van der Waals surface area contributed by atoms with Crippen LogP contribution in [0.1, 0.15) is 22.8 Å². The van der Waals surface area contributed by atoms with Crippen LogP contribution in [0.2, 0.25) is 0 Å². The van der Waals surface area contributed by atoms with Crippen LogP contribution in [0.5, 0.6) is 0 Å². The Morgan fingerprint density at radius 1 is 0.862 bits per heavy atom. The largest absolute Gasteiger partial charge is 0.396 e. The Morgan fingerprint density at radius 3 is 2.07 bits per heavy atom. The number of aromatic nitrogens is 2. The average molecular weight is 403 g/mol. The molecule has 0 aliphatic carbocycles. The highest BCUT2D eigenvalue weighted by Crippen LogP contribution is 2.39. The fourth-order valence-electron chi connectivity index (χ4n) is 3.35. The lowest BCUT2D eigenvalue weighted by Gasteiger charge is -2.20. The van der Waals surface area contributed by atoms with Gasteiger partial charge in [-0.15, -0.1) is 0 Å². The molecule has 0 saturated carbocycles. The van der Waals surface area contributed by atoms with Gasteiger partial charge in [0.05, 0.1) is 16.2 Å². The molecule has 146 valence electrons. The molecule has 1 N–H and O–H groups in total. The number of fused-ring (bicyclic) bond motifs is 1. The normalized spacial score (nSPS) is 11.2. The highest BCUT2D eigenvalue weighted by Gasteiger charge is 2.20. The highest BCUT2D eigenvalue weighted by molar-refractivity contribution is 7.99. The summed E-state index contributed by atoms with van der Waals surface area (Å²) in [5.41, 5.74) is 2.94. The molecule has 1 aromatic heterocycles. The first-order valence-corrected chi connectivity index (χ1v) is 10.5. The zero-order valence-electron chi connectivity index (χ0n) is 15.9. The Labute approximate surface area is 173 Å². The molecule has 0 radical (unpaired) electrons. The van der Waals surface area contributed by atoms with Crippen LogP contribution in [0.25, 0.3) is 10.9 Å². The molecule has 0 aliphatic heterocycles. The second kappa shape index (κ2) is 9.07. The summed E-state index contributed by atoms with van der Waals surface area (Å²) in [5.74, 6) is 0. The van der Waals surface area contributed by atoms with Gasteiger partial charge < -0.3 is 5.11 Å². The first-order chi connectivity index (χ1) is 14.3. The molecular weight excluding hydrogens is 380 g/mol. The van der Waals surface area contributed by atoms with Crippen molar-refractivity contribution in [2.24, 2.45) is 0 Å². The fraction of sp³-hybridized carbons (Fsp3) is 0.167. The van der Waals surface area contributed by atoms with Gasteiger partial charge >= 0.3 is 0 Å². The molecule has 5 heteroatoms. The van der Waals surface area contributed by atoms with Gasteiger partial charge in [-0.2, -0.15) is 0 Å². The molecule has 1 heterocycles. The van der Waals surface area contributed by atoms with Gasteiger partial charge in [-0.25, -0.2) is 4.98 Å². The Hall–Kier alpha value is -2.89. The summed E-state index contributed by atoms with van der Waals surface area (Å²) >= 11 is 1.57. The predicted octanol–water partition coefficient (Wildman–Crippen LogP) is 4.66. The van der Waals surface area contributed by atoms with Crippen molar-refractivity contribution in [1.29, 1.82) is 0 Å². The van der Waals surface area contributed by atoms with Crippen LogP contribution >= 0.6 is 11.8 Å². The van der Waals surface area contributed by atoms with Gasteiger partial charge in [0.2, 0.25) is 0 Å². The number of aliphatic hydroxyl groups excluding tert-OH is 1. The van der Waals surface area contributed by atoms with Gasteiger partial charge in [0.1, 0.15) is 0 Å². The van der Waals surface area contributed by atoms with Crippen molar-refractivity contribution in [3.63, 3.8) is 0 Å². The number of para-hydroxylation sites is 1. The zero-order chi connectivity index (χ0) is 20.1. The zero-order valence-corrected chi connectivity index (χ0v) is 16.8. The van der Waals surface area contributed by atoms with E-state index in [1.807, 2.05) is 54.6 Å². The predicted molar refractivity (Wildman–Crippen MR) is 118 cm³/mol. The van der Waals surface area contributed by atoms with E-state index in [2.05, 4.69) is 24.3 Å². The summed E-state index contributed by atoms with van der Waals surface area (Å²) in [6.07, 6.45) is 0.509. The fourth-order valence-corrected chi connectivity index (χ4v) is 4.60. The number of hydrogen-bond donors (Lipinski definition) is 1. The smallest absolute Gasteiger partial charge is 0.262 e. The number of benzene rings is 3. The number of thioether (sulfide) groups is 1. The van der Waals surface area contributed by atoms with E-state index in [0.717, 1.165) is 11.1 Å². The van der Waals surface area contributed by atoms with Crippen LogP contribution in [-0.4, -0.2) is 21.3 Å². The van der Waals surface area contributed by atoms with Crippen molar-refractivity contribution in [2.75, 3.05) is 6.61 Å². The van der Waals surface area contributed by atoms with Crippen LogP contribution in [0.15, 0.2) is 94.9 Å². The Kier molecular flexibility index (Phi) is 6.08. The lowest BCUT2D eigenvalue weighted by Crippen LogP contribution is -2.24. The Bertz CT molecular complexity index is 1100. The number of nitrogens with zero attached hydrogens (tertiary/aromatic N) is 2. The summed E-state index contributed by atoms with van der Waals surface area (Å²) in [7, 11) is 0. The molecule has 0 aliphatic rings. The van der Waals surface area contributed by atoms with Gasteiger partial charge in [-0.05, 0) is 29.7 Å². The van der Waals surface area contributed by atoms with E-state index in [9.17, 15) is 9.90 Å². The SMILES string of the molecule is O=c1c2ccccc2nc(SC(c2ccccc2)c2ccccc2)n1CCCO. The number of hydrogen-bond acceptors (Lipinski definition) is 4. The summed E-state index contributed by atoms with van der Waals surface area (Å²) in [6, 6.07) is 27.9. The van der Waals surface area contributed by atoms with Crippen LogP contribution in [0, 0.1) is 0 Å². The molecule has 0 spiro atoms. The number of rotatable bonds is 7. The average Bonchev–Trinajstić information content (AvgIpc) is 2.78.